The second-order valence-corrected chi connectivity index (χ2v) is 7.68. The second kappa shape index (κ2) is 9.03. The van der Waals surface area contributed by atoms with Crippen LogP contribution in [0, 0.1) is 0 Å². The Morgan fingerprint density at radius 2 is 1.70 bits per heavy atom. The van der Waals surface area contributed by atoms with Crippen LogP contribution >= 0.6 is 0 Å². The van der Waals surface area contributed by atoms with Gasteiger partial charge in [-0.25, -0.2) is 9.97 Å². The zero-order valence-electron chi connectivity index (χ0n) is 17.8. The van der Waals surface area contributed by atoms with Gasteiger partial charge in [0.25, 0.3) is 5.56 Å². The van der Waals surface area contributed by atoms with Crippen LogP contribution < -0.4 is 15.8 Å². The first-order chi connectivity index (χ1) is 16.2. The topological polar surface area (TPSA) is 109 Å². The second-order valence-electron chi connectivity index (χ2n) is 7.68. The van der Waals surface area contributed by atoms with Crippen molar-refractivity contribution in [2.24, 2.45) is 0 Å². The van der Waals surface area contributed by atoms with Gasteiger partial charge in [-0.1, -0.05) is 18.2 Å². The number of nitrogens with zero attached hydrogens (tertiary/aromatic N) is 7. The number of benzene rings is 1. The normalized spacial score (nSPS) is 13.8. The number of pyridine rings is 1. The smallest absolute Gasteiger partial charge is 0.261 e. The molecule has 1 aliphatic heterocycles. The molecule has 3 aromatic heterocycles. The summed E-state index contributed by atoms with van der Waals surface area (Å²) in [6, 6.07) is 16.5. The van der Waals surface area contributed by atoms with Crippen LogP contribution in [-0.4, -0.2) is 61.7 Å². The van der Waals surface area contributed by atoms with Gasteiger partial charge in [-0.05, 0) is 36.4 Å². The van der Waals surface area contributed by atoms with E-state index in [2.05, 4.69) is 30.4 Å². The molecule has 0 aliphatic carbocycles. The molecule has 0 unspecified atom stereocenters. The van der Waals surface area contributed by atoms with Crippen LogP contribution in [0.1, 0.15) is 0 Å². The molecular weight excluding hydrogens is 420 g/mol. The van der Waals surface area contributed by atoms with Gasteiger partial charge in [-0.15, -0.1) is 10.2 Å². The van der Waals surface area contributed by atoms with Gasteiger partial charge in [0.15, 0.2) is 11.6 Å². The van der Waals surface area contributed by atoms with E-state index >= 15 is 0 Å². The van der Waals surface area contributed by atoms with Crippen LogP contribution in [0.25, 0.3) is 10.9 Å². The van der Waals surface area contributed by atoms with Crippen molar-refractivity contribution in [3.05, 3.63) is 77.5 Å². The molecule has 4 aromatic rings. The number of para-hydroxylation sites is 1. The van der Waals surface area contributed by atoms with Gasteiger partial charge in [0, 0.05) is 32.4 Å². The summed E-state index contributed by atoms with van der Waals surface area (Å²) in [5.74, 6) is 1.96. The number of piperazine rings is 1. The molecule has 1 fully saturated rings. The van der Waals surface area contributed by atoms with Crippen molar-refractivity contribution >= 4 is 34.3 Å². The molecule has 10 heteroatoms. The average Bonchev–Trinajstić information content (AvgIpc) is 2.87. The van der Waals surface area contributed by atoms with Gasteiger partial charge in [-0.3, -0.25) is 14.2 Å². The molecule has 0 bridgehead atoms. The van der Waals surface area contributed by atoms with E-state index in [-0.39, 0.29) is 18.0 Å². The van der Waals surface area contributed by atoms with Crippen molar-refractivity contribution in [1.82, 2.24) is 29.6 Å². The lowest BCUT2D eigenvalue weighted by molar-refractivity contribution is -0.132. The molecule has 0 spiro atoms. The Labute approximate surface area is 189 Å². The van der Waals surface area contributed by atoms with Crippen molar-refractivity contribution in [2.45, 2.75) is 6.54 Å². The predicted molar refractivity (Wildman–Crippen MR) is 124 cm³/mol. The number of anilines is 3. The van der Waals surface area contributed by atoms with Crippen LogP contribution in [0.3, 0.4) is 0 Å². The Bertz CT molecular complexity index is 1320. The minimum absolute atomic E-state index is 0.0235. The highest BCUT2D eigenvalue weighted by Crippen LogP contribution is 2.16. The molecule has 1 amide bonds. The fourth-order valence-corrected chi connectivity index (χ4v) is 3.78. The molecule has 1 N–H and O–H groups in total. The zero-order valence-corrected chi connectivity index (χ0v) is 17.8. The van der Waals surface area contributed by atoms with Gasteiger partial charge in [-0.2, -0.15) is 0 Å². The average molecular weight is 442 g/mol. The quantitative estimate of drug-likeness (QED) is 0.497. The lowest BCUT2D eigenvalue weighted by atomic mass is 10.2. The molecule has 1 saturated heterocycles. The molecule has 1 aromatic carbocycles. The molecule has 0 atom stereocenters. The van der Waals surface area contributed by atoms with Crippen LogP contribution in [0.4, 0.5) is 17.5 Å². The summed E-state index contributed by atoms with van der Waals surface area (Å²) in [6.45, 7) is 2.34. The Morgan fingerprint density at radius 3 is 2.45 bits per heavy atom. The fraction of sp³-hybridized carbons (Fsp3) is 0.217. The third-order valence-electron chi connectivity index (χ3n) is 5.56. The summed E-state index contributed by atoms with van der Waals surface area (Å²) in [5, 5.41) is 12.1. The zero-order chi connectivity index (χ0) is 22.6. The first-order valence-corrected chi connectivity index (χ1v) is 10.7. The van der Waals surface area contributed by atoms with Gasteiger partial charge >= 0.3 is 0 Å². The summed E-state index contributed by atoms with van der Waals surface area (Å²) in [4.78, 5) is 37.8. The Kier molecular flexibility index (Phi) is 5.62. The van der Waals surface area contributed by atoms with E-state index in [9.17, 15) is 9.59 Å². The number of aromatic nitrogens is 5. The van der Waals surface area contributed by atoms with Crippen LogP contribution in [0.15, 0.2) is 71.9 Å². The van der Waals surface area contributed by atoms with E-state index in [1.807, 2.05) is 36.4 Å². The highest BCUT2D eigenvalue weighted by Gasteiger charge is 2.23. The first-order valence-electron chi connectivity index (χ1n) is 10.7. The number of nitrogens with one attached hydrogen (secondary N) is 1. The summed E-state index contributed by atoms with van der Waals surface area (Å²) in [5.41, 5.74) is 0.421. The SMILES string of the molecule is O=C(Cn1cnc2ccccc2c1=O)N1CCN(c2ccc(Nc3ccccn3)nn2)CC1. The molecule has 33 heavy (non-hydrogen) atoms. The van der Waals surface area contributed by atoms with E-state index in [0.717, 1.165) is 5.82 Å². The number of fused-ring (bicyclic) bond motifs is 1. The number of carbonyl (C=O) groups is 1. The predicted octanol–water partition coefficient (Wildman–Crippen LogP) is 1.67. The number of rotatable bonds is 5. The number of carbonyl (C=O) groups excluding carboxylic acids is 1. The monoisotopic (exact) mass is 442 g/mol. The standard InChI is InChI=1S/C23H22N8O2/c32-22(15-31-16-25-18-6-2-1-5-17(18)23(31)33)30-13-11-29(12-14-30)21-9-8-20(27-28-21)26-19-7-3-4-10-24-19/h1-10,16H,11-15H2,(H,24,26,27). The maximum atomic E-state index is 12.8. The van der Waals surface area contributed by atoms with Gasteiger partial charge in [0.1, 0.15) is 12.4 Å². The summed E-state index contributed by atoms with van der Waals surface area (Å²) in [6.07, 6.45) is 3.15. The van der Waals surface area contributed by atoms with Gasteiger partial charge < -0.3 is 15.1 Å². The third-order valence-corrected chi connectivity index (χ3v) is 5.56. The minimum Gasteiger partial charge on any atom is -0.352 e. The maximum Gasteiger partial charge on any atom is 0.261 e. The van der Waals surface area contributed by atoms with Crippen LogP contribution in [0.5, 0.6) is 0 Å². The van der Waals surface area contributed by atoms with E-state index in [4.69, 9.17) is 0 Å². The largest absolute Gasteiger partial charge is 0.352 e. The Balaban J connectivity index is 1.18. The number of hydrogen-bond acceptors (Lipinski definition) is 8. The third kappa shape index (κ3) is 4.49. The Morgan fingerprint density at radius 1 is 0.879 bits per heavy atom. The summed E-state index contributed by atoms with van der Waals surface area (Å²) >= 11 is 0. The van der Waals surface area contributed by atoms with Crippen molar-refractivity contribution in [1.29, 1.82) is 0 Å². The molecular formula is C23H22N8O2. The lowest BCUT2D eigenvalue weighted by Gasteiger charge is -2.35. The molecule has 10 nitrogen and oxygen atoms in total. The van der Waals surface area contributed by atoms with Crippen molar-refractivity contribution in [3.63, 3.8) is 0 Å². The lowest BCUT2D eigenvalue weighted by Crippen LogP contribution is -2.50. The van der Waals surface area contributed by atoms with Crippen molar-refractivity contribution in [2.75, 3.05) is 36.4 Å². The highest BCUT2D eigenvalue weighted by molar-refractivity contribution is 5.79. The molecule has 5 rings (SSSR count). The first kappa shape index (κ1) is 20.6. The van der Waals surface area contributed by atoms with Gasteiger partial charge in [0.2, 0.25) is 5.91 Å². The number of hydrogen-bond donors (Lipinski definition) is 1. The van der Waals surface area contributed by atoms with Crippen LogP contribution in [-0.2, 0) is 11.3 Å². The highest BCUT2D eigenvalue weighted by atomic mass is 16.2. The van der Waals surface area contributed by atoms with E-state index in [1.165, 1.54) is 10.9 Å². The Hall–Kier alpha value is -4.34. The number of amides is 1. The van der Waals surface area contributed by atoms with Crippen molar-refractivity contribution in [3.8, 4) is 0 Å². The molecule has 0 radical (unpaired) electrons. The molecule has 166 valence electrons. The van der Waals surface area contributed by atoms with E-state index in [0.29, 0.717) is 48.7 Å². The fourth-order valence-electron chi connectivity index (χ4n) is 3.78. The van der Waals surface area contributed by atoms with E-state index < -0.39 is 0 Å². The molecule has 0 saturated carbocycles. The van der Waals surface area contributed by atoms with Crippen molar-refractivity contribution < 1.29 is 4.79 Å². The minimum atomic E-state index is -0.206. The molecule has 1 aliphatic rings. The van der Waals surface area contributed by atoms with Crippen LogP contribution in [0.2, 0.25) is 0 Å². The maximum absolute atomic E-state index is 12.8. The summed E-state index contributed by atoms with van der Waals surface area (Å²) in [7, 11) is 0. The van der Waals surface area contributed by atoms with Gasteiger partial charge in [0.05, 0.1) is 17.2 Å². The molecule has 4 heterocycles. The van der Waals surface area contributed by atoms with E-state index in [1.54, 1.807) is 29.3 Å². The summed E-state index contributed by atoms with van der Waals surface area (Å²) < 4.78 is 1.37.